The van der Waals surface area contributed by atoms with Gasteiger partial charge in [-0.2, -0.15) is 8.78 Å². The number of H-pyrrole nitrogens is 1. The first-order valence-corrected chi connectivity index (χ1v) is 12.4. The third-order valence-corrected chi connectivity index (χ3v) is 7.51. The smallest absolute Gasteiger partial charge is 0.387 e. The Labute approximate surface area is 213 Å². The number of halogens is 2. The second-order valence-corrected chi connectivity index (χ2v) is 9.91. The van der Waals surface area contributed by atoms with Crippen LogP contribution >= 0.6 is 0 Å². The van der Waals surface area contributed by atoms with Gasteiger partial charge in [0.05, 0.1) is 0 Å². The van der Waals surface area contributed by atoms with E-state index in [1.165, 1.54) is 17.0 Å². The van der Waals surface area contributed by atoms with Crippen LogP contribution in [0.1, 0.15) is 43.1 Å². The van der Waals surface area contributed by atoms with E-state index in [1.54, 1.807) is 42.2 Å². The molecule has 2 aromatic carbocycles. The SMILES string of the molecule is CCN(C)CCCN1C(=O)N2[C@H](c3cccc(O)c3)c3[nH]c4ccc(OC(F)F)cc4c3C[C@@]2(C)C1=O. The van der Waals surface area contributed by atoms with Crippen LogP contribution in [0.4, 0.5) is 13.6 Å². The quantitative estimate of drug-likeness (QED) is 0.435. The molecular formula is C27H30F2N4O4. The molecule has 0 unspecified atom stereocenters. The summed E-state index contributed by atoms with van der Waals surface area (Å²) in [7, 11) is 1.99. The molecule has 8 nitrogen and oxygen atoms in total. The number of aromatic hydroxyl groups is 1. The Bertz CT molecular complexity index is 1360. The number of ether oxygens (including phenoxy) is 1. The summed E-state index contributed by atoms with van der Waals surface area (Å²) in [5, 5.41) is 10.9. The zero-order valence-corrected chi connectivity index (χ0v) is 21.0. The molecule has 0 saturated carbocycles. The van der Waals surface area contributed by atoms with E-state index in [2.05, 4.69) is 14.6 Å². The minimum absolute atomic E-state index is 0.0151. The summed E-state index contributed by atoms with van der Waals surface area (Å²) in [6.45, 7) is 2.74. The zero-order valence-electron chi connectivity index (χ0n) is 21.0. The topological polar surface area (TPSA) is 89.1 Å². The van der Waals surface area contributed by atoms with Crippen LogP contribution in [0, 0.1) is 0 Å². The minimum Gasteiger partial charge on any atom is -0.508 e. The number of nitrogens with one attached hydrogen (secondary N) is 1. The number of carbonyl (C=O) groups excluding carboxylic acids is 2. The van der Waals surface area contributed by atoms with E-state index in [0.29, 0.717) is 35.1 Å². The Morgan fingerprint density at radius 3 is 2.73 bits per heavy atom. The van der Waals surface area contributed by atoms with E-state index < -0.39 is 18.2 Å². The van der Waals surface area contributed by atoms with E-state index in [1.807, 2.05) is 14.0 Å². The van der Waals surface area contributed by atoms with Crippen molar-refractivity contribution in [3.05, 3.63) is 59.3 Å². The molecule has 5 rings (SSSR count). The molecule has 2 aliphatic heterocycles. The molecule has 3 amide bonds. The maximum absolute atomic E-state index is 13.8. The molecule has 2 aliphatic rings. The van der Waals surface area contributed by atoms with Crippen molar-refractivity contribution in [3.63, 3.8) is 0 Å². The number of hydrogen-bond acceptors (Lipinski definition) is 5. The molecule has 2 N–H and O–H groups in total. The van der Waals surface area contributed by atoms with Gasteiger partial charge in [0.1, 0.15) is 23.1 Å². The number of benzene rings is 2. The van der Waals surface area contributed by atoms with Crippen LogP contribution in [0.25, 0.3) is 10.9 Å². The van der Waals surface area contributed by atoms with Gasteiger partial charge < -0.3 is 19.7 Å². The summed E-state index contributed by atoms with van der Waals surface area (Å²) in [6.07, 6.45) is 0.858. The summed E-state index contributed by atoms with van der Waals surface area (Å²) in [5.41, 5.74) is 1.57. The third kappa shape index (κ3) is 4.19. The molecule has 1 saturated heterocycles. The summed E-state index contributed by atoms with van der Waals surface area (Å²) < 4.78 is 30.4. The van der Waals surface area contributed by atoms with Crippen LogP contribution < -0.4 is 4.74 Å². The fourth-order valence-corrected chi connectivity index (χ4v) is 5.56. The molecule has 3 heterocycles. The molecule has 0 radical (unpaired) electrons. The Balaban J connectivity index is 1.62. The summed E-state index contributed by atoms with van der Waals surface area (Å²) in [5.74, 6) is -0.240. The van der Waals surface area contributed by atoms with Crippen molar-refractivity contribution >= 4 is 22.8 Å². The highest BCUT2D eigenvalue weighted by Gasteiger charge is 2.60. The average Bonchev–Trinajstić information content (AvgIpc) is 3.29. The number of phenolic OH excluding ortho intramolecular Hbond substituents is 1. The molecule has 2 atom stereocenters. The first-order valence-electron chi connectivity index (χ1n) is 12.4. The van der Waals surface area contributed by atoms with E-state index in [9.17, 15) is 23.5 Å². The standard InChI is InChI=1S/C27H30F2N4O4/c1-4-31(3)11-6-12-32-24(35)27(2)15-20-19-14-18(37-25(28)29)9-10-21(19)30-22(20)23(33(27)26(32)36)16-7-5-8-17(34)13-16/h5,7-10,13-14,23,25,30,34H,4,6,11-12,15H2,1-3H3/t23-,27+/m1/s1. The summed E-state index contributed by atoms with van der Waals surface area (Å²) >= 11 is 0. The van der Waals surface area contributed by atoms with Crippen molar-refractivity contribution in [1.29, 1.82) is 0 Å². The van der Waals surface area contributed by atoms with Crippen LogP contribution in [0.15, 0.2) is 42.5 Å². The van der Waals surface area contributed by atoms with Crippen LogP contribution in [0.2, 0.25) is 0 Å². The number of amides is 3. The summed E-state index contributed by atoms with van der Waals surface area (Å²) in [6, 6.07) is 10.2. The molecular weight excluding hydrogens is 482 g/mol. The number of aromatic nitrogens is 1. The molecule has 10 heteroatoms. The highest BCUT2D eigenvalue weighted by molar-refractivity contribution is 6.08. The van der Waals surface area contributed by atoms with Crippen molar-refractivity contribution in [2.45, 2.75) is 44.9 Å². The van der Waals surface area contributed by atoms with Gasteiger partial charge in [-0.05, 0) is 74.9 Å². The number of nitrogens with zero attached hydrogens (tertiary/aromatic N) is 3. The van der Waals surface area contributed by atoms with E-state index in [-0.39, 0.29) is 29.9 Å². The van der Waals surface area contributed by atoms with E-state index >= 15 is 0 Å². The van der Waals surface area contributed by atoms with Crippen LogP contribution in [-0.2, 0) is 11.2 Å². The molecule has 0 spiro atoms. The lowest BCUT2D eigenvalue weighted by Crippen LogP contribution is -2.53. The normalized spacial score (nSPS) is 21.3. The lowest BCUT2D eigenvalue weighted by molar-refractivity contribution is -0.133. The second-order valence-electron chi connectivity index (χ2n) is 9.91. The number of aromatic amines is 1. The summed E-state index contributed by atoms with van der Waals surface area (Å²) in [4.78, 5) is 36.0. The fourth-order valence-electron chi connectivity index (χ4n) is 5.56. The number of imide groups is 1. The van der Waals surface area contributed by atoms with Crippen LogP contribution in [0.5, 0.6) is 11.5 Å². The predicted octanol–water partition coefficient (Wildman–Crippen LogP) is 4.49. The molecule has 3 aromatic rings. The molecule has 1 fully saturated rings. The fraction of sp³-hybridized carbons (Fsp3) is 0.407. The van der Waals surface area contributed by atoms with Crippen molar-refractivity contribution in [2.24, 2.45) is 0 Å². The van der Waals surface area contributed by atoms with Gasteiger partial charge in [0.15, 0.2) is 0 Å². The number of fused-ring (bicyclic) bond motifs is 4. The third-order valence-electron chi connectivity index (χ3n) is 7.51. The van der Waals surface area contributed by atoms with Gasteiger partial charge in [0, 0.05) is 29.6 Å². The molecule has 196 valence electrons. The Hall–Kier alpha value is -3.66. The molecule has 1 aromatic heterocycles. The first kappa shape index (κ1) is 25.0. The lowest BCUT2D eigenvalue weighted by Gasteiger charge is -2.42. The van der Waals surface area contributed by atoms with Gasteiger partial charge >= 0.3 is 12.6 Å². The average molecular weight is 513 g/mol. The molecule has 37 heavy (non-hydrogen) atoms. The van der Waals surface area contributed by atoms with Gasteiger partial charge in [-0.1, -0.05) is 19.1 Å². The molecule has 0 bridgehead atoms. The Morgan fingerprint density at radius 1 is 1.24 bits per heavy atom. The maximum atomic E-state index is 13.8. The monoisotopic (exact) mass is 512 g/mol. The predicted molar refractivity (Wildman–Crippen MR) is 134 cm³/mol. The highest BCUT2D eigenvalue weighted by Crippen LogP contribution is 2.49. The Kier molecular flexibility index (Phi) is 6.31. The number of hydrogen-bond donors (Lipinski definition) is 2. The maximum Gasteiger partial charge on any atom is 0.387 e. The van der Waals surface area contributed by atoms with Crippen molar-refractivity contribution in [3.8, 4) is 11.5 Å². The Morgan fingerprint density at radius 2 is 2.03 bits per heavy atom. The number of phenols is 1. The van der Waals surface area contributed by atoms with Crippen LogP contribution in [-0.4, -0.2) is 75.6 Å². The lowest BCUT2D eigenvalue weighted by atomic mass is 9.81. The molecule has 0 aliphatic carbocycles. The van der Waals surface area contributed by atoms with Gasteiger partial charge in [0.2, 0.25) is 0 Å². The zero-order chi connectivity index (χ0) is 26.5. The number of alkyl halides is 2. The van der Waals surface area contributed by atoms with Crippen molar-refractivity contribution in [1.82, 2.24) is 19.7 Å². The van der Waals surface area contributed by atoms with Crippen molar-refractivity contribution < 1.29 is 28.2 Å². The van der Waals surface area contributed by atoms with Crippen LogP contribution in [0.3, 0.4) is 0 Å². The first-order chi connectivity index (χ1) is 17.6. The van der Waals surface area contributed by atoms with E-state index in [4.69, 9.17) is 0 Å². The van der Waals surface area contributed by atoms with Gasteiger partial charge in [-0.15, -0.1) is 0 Å². The highest BCUT2D eigenvalue weighted by atomic mass is 19.3. The van der Waals surface area contributed by atoms with Crippen molar-refractivity contribution in [2.75, 3.05) is 26.7 Å². The van der Waals surface area contributed by atoms with E-state index in [0.717, 1.165) is 18.7 Å². The van der Waals surface area contributed by atoms with Gasteiger partial charge in [0.25, 0.3) is 5.91 Å². The minimum atomic E-state index is -2.96. The van der Waals surface area contributed by atoms with Gasteiger partial charge in [-0.25, -0.2) is 4.79 Å². The number of urea groups is 1. The number of carbonyl (C=O) groups is 2. The van der Waals surface area contributed by atoms with Gasteiger partial charge in [-0.3, -0.25) is 14.6 Å². The largest absolute Gasteiger partial charge is 0.508 e. The number of rotatable bonds is 8. The second kappa shape index (κ2) is 9.33.